The van der Waals surface area contributed by atoms with Gasteiger partial charge in [-0.2, -0.15) is 10.5 Å². The van der Waals surface area contributed by atoms with Crippen molar-refractivity contribution < 1.29 is 19.4 Å². The smallest absolute Gasteiger partial charge is 0.346 e. The van der Waals surface area contributed by atoms with Crippen molar-refractivity contribution in [3.8, 4) is 23.3 Å². The molecule has 0 spiro atoms. The Morgan fingerprint density at radius 1 is 0.544 bits per heavy atom. The zero-order valence-corrected chi connectivity index (χ0v) is 30.5. The van der Waals surface area contributed by atoms with Crippen molar-refractivity contribution in [3.05, 3.63) is 209 Å². The molecule has 0 saturated carbocycles. The second-order valence-electron chi connectivity index (χ2n) is 13.0. The lowest BCUT2D eigenvalue weighted by molar-refractivity contribution is -0.132. The zero-order valence-electron chi connectivity index (χ0n) is 30.5. The van der Waals surface area contributed by atoms with Gasteiger partial charge in [-0.15, -0.1) is 0 Å². The number of carboxylic acid groups (broad SMARTS) is 1. The molecule has 0 aliphatic rings. The first-order valence-corrected chi connectivity index (χ1v) is 18.0. The maximum atomic E-state index is 11.3. The van der Waals surface area contributed by atoms with Crippen LogP contribution in [0.1, 0.15) is 27.8 Å². The van der Waals surface area contributed by atoms with Crippen LogP contribution in [0.15, 0.2) is 181 Å². The topological polar surface area (TPSA) is 114 Å². The Kier molecular flexibility index (Phi) is 11.2. The molecule has 0 aliphatic heterocycles. The van der Waals surface area contributed by atoms with E-state index in [1.807, 2.05) is 84.9 Å². The summed E-state index contributed by atoms with van der Waals surface area (Å²) in [7, 11) is 0. The molecule has 0 bridgehead atoms. The fraction of sp³-hybridized carbons (Fsp3) is 0. The number of carbonyl (C=O) groups is 2. The van der Waals surface area contributed by atoms with Crippen LogP contribution < -0.4 is 4.90 Å². The van der Waals surface area contributed by atoms with Crippen molar-refractivity contribution in [3.63, 3.8) is 0 Å². The molecule has 7 heteroatoms. The quantitative estimate of drug-likeness (QED) is 0.0436. The third-order valence-electron chi connectivity index (χ3n) is 9.35. The molecule has 7 rings (SSSR count). The molecular weight excluding hydrogens is 707 g/mol. The van der Waals surface area contributed by atoms with Gasteiger partial charge in [0.25, 0.3) is 6.47 Å². The standard InChI is InChI=1S/C50H33N3O4/c51-32-44(50(55)56)27-35-11-17-38(18-12-35)41-19-20-43-31-47(26-21-42(43)30-41)53(45-22-13-36(14-23-45)28-48(33-52)57-34-54)46-24-15-37(16-25-46)29-49(39-7-3-1-4-8-39)40-9-5-2-6-10-40/h1-31,34H,(H,55,56). The van der Waals surface area contributed by atoms with Crippen molar-refractivity contribution in [1.29, 1.82) is 10.5 Å². The van der Waals surface area contributed by atoms with E-state index in [4.69, 9.17) is 10.00 Å². The fourth-order valence-corrected chi connectivity index (χ4v) is 6.55. The number of hydrogen-bond acceptors (Lipinski definition) is 6. The zero-order chi connectivity index (χ0) is 39.6. The lowest BCUT2D eigenvalue weighted by atomic mass is 9.95. The van der Waals surface area contributed by atoms with E-state index in [2.05, 4.69) is 89.8 Å². The number of hydrogen-bond donors (Lipinski definition) is 1. The van der Waals surface area contributed by atoms with Crippen LogP contribution in [-0.2, 0) is 14.3 Å². The molecule has 7 nitrogen and oxygen atoms in total. The van der Waals surface area contributed by atoms with E-state index in [0.717, 1.165) is 61.2 Å². The summed E-state index contributed by atoms with van der Waals surface area (Å²) in [5.74, 6) is -1.36. The van der Waals surface area contributed by atoms with Crippen LogP contribution in [0.3, 0.4) is 0 Å². The summed E-state index contributed by atoms with van der Waals surface area (Å²) in [6.45, 7) is 0.236. The van der Waals surface area contributed by atoms with E-state index in [-0.39, 0.29) is 17.8 Å². The molecule has 0 aliphatic carbocycles. The van der Waals surface area contributed by atoms with Crippen LogP contribution in [0.2, 0.25) is 0 Å². The summed E-state index contributed by atoms with van der Waals surface area (Å²) >= 11 is 0. The van der Waals surface area contributed by atoms with E-state index < -0.39 is 5.97 Å². The van der Waals surface area contributed by atoms with E-state index >= 15 is 0 Å². The largest absolute Gasteiger partial charge is 0.477 e. The number of carboxylic acids is 1. The van der Waals surface area contributed by atoms with Crippen LogP contribution in [0.25, 0.3) is 45.7 Å². The summed E-state index contributed by atoms with van der Waals surface area (Å²) in [5.41, 5.74) is 10.1. The summed E-state index contributed by atoms with van der Waals surface area (Å²) in [4.78, 5) is 24.3. The lowest BCUT2D eigenvalue weighted by Crippen LogP contribution is -2.10. The first-order valence-electron chi connectivity index (χ1n) is 18.0. The minimum Gasteiger partial charge on any atom is -0.477 e. The van der Waals surface area contributed by atoms with Crippen molar-refractivity contribution in [2.75, 3.05) is 4.90 Å². The minimum atomic E-state index is -1.26. The molecule has 1 N–H and O–H groups in total. The van der Waals surface area contributed by atoms with Gasteiger partial charge >= 0.3 is 5.97 Å². The molecule has 0 unspecified atom stereocenters. The Balaban J connectivity index is 1.25. The fourth-order valence-electron chi connectivity index (χ4n) is 6.55. The first kappa shape index (κ1) is 37.1. The number of nitriles is 2. The predicted molar refractivity (Wildman–Crippen MR) is 226 cm³/mol. The second-order valence-corrected chi connectivity index (χ2v) is 13.0. The first-order chi connectivity index (χ1) is 27.9. The lowest BCUT2D eigenvalue weighted by Gasteiger charge is -2.26. The summed E-state index contributed by atoms with van der Waals surface area (Å²) in [5, 5.41) is 29.7. The maximum absolute atomic E-state index is 11.3. The Morgan fingerprint density at radius 3 is 1.58 bits per heavy atom. The summed E-state index contributed by atoms with van der Waals surface area (Å²) < 4.78 is 4.79. The van der Waals surface area contributed by atoms with Gasteiger partial charge in [0.15, 0.2) is 0 Å². The van der Waals surface area contributed by atoms with Crippen molar-refractivity contribution in [2.45, 2.75) is 0 Å². The monoisotopic (exact) mass is 739 g/mol. The highest BCUT2D eigenvalue weighted by atomic mass is 16.5. The van der Waals surface area contributed by atoms with Crippen LogP contribution >= 0.6 is 0 Å². The van der Waals surface area contributed by atoms with Crippen LogP contribution in [-0.4, -0.2) is 17.5 Å². The molecule has 272 valence electrons. The van der Waals surface area contributed by atoms with Crippen LogP contribution in [0, 0.1) is 22.7 Å². The molecule has 0 aromatic heterocycles. The van der Waals surface area contributed by atoms with Gasteiger partial charge in [-0.3, -0.25) is 4.79 Å². The molecule has 57 heavy (non-hydrogen) atoms. The van der Waals surface area contributed by atoms with Gasteiger partial charge in [-0.05, 0) is 116 Å². The molecule has 0 atom stereocenters. The normalized spacial score (nSPS) is 11.2. The Hall–Kier alpha value is -8.26. The molecular formula is C50H33N3O4. The third-order valence-corrected chi connectivity index (χ3v) is 9.35. The number of aliphatic carboxylic acids is 1. The highest BCUT2D eigenvalue weighted by molar-refractivity contribution is 5.97. The number of anilines is 3. The van der Waals surface area contributed by atoms with Gasteiger partial charge in [-0.25, -0.2) is 4.79 Å². The van der Waals surface area contributed by atoms with Gasteiger partial charge in [0.1, 0.15) is 17.7 Å². The number of carbonyl (C=O) groups excluding carboxylic acids is 1. The number of benzene rings is 7. The van der Waals surface area contributed by atoms with E-state index in [9.17, 15) is 20.0 Å². The van der Waals surface area contributed by atoms with Crippen molar-refractivity contribution in [1.82, 2.24) is 0 Å². The Labute approximate surface area is 330 Å². The van der Waals surface area contributed by atoms with Crippen LogP contribution in [0.4, 0.5) is 17.1 Å². The highest BCUT2D eigenvalue weighted by Gasteiger charge is 2.15. The maximum Gasteiger partial charge on any atom is 0.346 e. The molecule has 7 aromatic carbocycles. The van der Waals surface area contributed by atoms with Crippen LogP contribution in [0.5, 0.6) is 0 Å². The molecule has 7 aromatic rings. The van der Waals surface area contributed by atoms with Gasteiger partial charge in [0, 0.05) is 17.1 Å². The third kappa shape index (κ3) is 8.77. The Bertz CT molecular complexity index is 2700. The number of ether oxygens (including phenoxy) is 1. The molecule has 0 fully saturated rings. The number of fused-ring (bicyclic) bond motifs is 1. The van der Waals surface area contributed by atoms with Gasteiger partial charge < -0.3 is 14.7 Å². The van der Waals surface area contributed by atoms with Gasteiger partial charge in [0.2, 0.25) is 5.76 Å². The van der Waals surface area contributed by atoms with Gasteiger partial charge in [-0.1, -0.05) is 127 Å². The van der Waals surface area contributed by atoms with E-state index in [0.29, 0.717) is 11.1 Å². The Morgan fingerprint density at radius 2 is 1.04 bits per heavy atom. The van der Waals surface area contributed by atoms with Gasteiger partial charge in [0.05, 0.1) is 0 Å². The van der Waals surface area contributed by atoms with E-state index in [1.165, 1.54) is 12.2 Å². The molecule has 0 heterocycles. The minimum absolute atomic E-state index is 0.100. The average molecular weight is 740 g/mol. The van der Waals surface area contributed by atoms with E-state index in [1.54, 1.807) is 18.2 Å². The molecule has 0 saturated heterocycles. The number of nitrogens with zero attached hydrogens (tertiary/aromatic N) is 3. The second kappa shape index (κ2) is 17.3. The number of allylic oxidation sites excluding steroid dienone is 1. The summed E-state index contributed by atoms with van der Waals surface area (Å²) in [6, 6.07) is 60.3. The van der Waals surface area contributed by atoms with Crippen molar-refractivity contribution >= 4 is 64.1 Å². The van der Waals surface area contributed by atoms with Crippen molar-refractivity contribution in [2.24, 2.45) is 0 Å². The molecule has 0 radical (unpaired) electrons. The SMILES string of the molecule is N#CC(=Cc1ccc(N(c2ccc(C=C(c3ccccc3)c3ccccc3)cc2)c2ccc3cc(-c4ccc(C=C(C#N)C(=O)O)cc4)ccc3c2)cc1)OC=O. The highest BCUT2D eigenvalue weighted by Crippen LogP contribution is 2.38. The number of rotatable bonds is 12. The average Bonchev–Trinajstić information content (AvgIpc) is 3.26. The summed E-state index contributed by atoms with van der Waals surface area (Å²) in [6.07, 6.45) is 5.07. The molecule has 0 amide bonds. The predicted octanol–water partition coefficient (Wildman–Crippen LogP) is 11.6.